The van der Waals surface area contributed by atoms with Gasteiger partial charge in [0.2, 0.25) is 17.7 Å². The summed E-state index contributed by atoms with van der Waals surface area (Å²) in [4.78, 5) is 17.1. The number of aromatic nitrogens is 2. The van der Waals surface area contributed by atoms with Crippen molar-refractivity contribution in [1.82, 2.24) is 20.0 Å². The number of carbonyl (C=O) groups excluding carboxylic acids is 1. The Morgan fingerprint density at radius 3 is 2.33 bits per heavy atom. The molecule has 2 aliphatic rings. The van der Waals surface area contributed by atoms with Gasteiger partial charge in [0.1, 0.15) is 0 Å². The number of nitrogens with zero attached hydrogens (tertiary/aromatic N) is 4. The van der Waals surface area contributed by atoms with Crippen LogP contribution in [0.5, 0.6) is 0 Å². The number of hydrogen-bond acceptors (Lipinski definition) is 6. The SMILES string of the molecule is Cc1nnc([C@@H](C)N2CCC(C(=O)N3C[C@@H](C)O[C@@H](C)C3)CC2)o1. The Labute approximate surface area is 143 Å². The third kappa shape index (κ3) is 3.78. The minimum absolute atomic E-state index is 0.102. The number of aryl methyl sites for hydroxylation is 1. The highest BCUT2D eigenvalue weighted by atomic mass is 16.5. The first-order valence-electron chi connectivity index (χ1n) is 8.92. The van der Waals surface area contributed by atoms with E-state index in [1.54, 1.807) is 6.92 Å². The smallest absolute Gasteiger partial charge is 0.233 e. The molecule has 0 aliphatic carbocycles. The summed E-state index contributed by atoms with van der Waals surface area (Å²) in [5.74, 6) is 1.67. The van der Waals surface area contributed by atoms with Gasteiger partial charge in [0.25, 0.3) is 0 Å². The maximum absolute atomic E-state index is 12.8. The number of piperidine rings is 1. The van der Waals surface area contributed by atoms with Gasteiger partial charge in [-0.3, -0.25) is 9.69 Å². The van der Waals surface area contributed by atoms with E-state index in [0.717, 1.165) is 25.9 Å². The summed E-state index contributed by atoms with van der Waals surface area (Å²) in [6.07, 6.45) is 2.02. The lowest BCUT2D eigenvalue weighted by Gasteiger charge is -2.40. The van der Waals surface area contributed by atoms with Gasteiger partial charge in [-0.1, -0.05) is 0 Å². The second-order valence-corrected chi connectivity index (χ2v) is 7.15. The monoisotopic (exact) mass is 336 g/mol. The molecule has 2 saturated heterocycles. The maximum atomic E-state index is 12.8. The van der Waals surface area contributed by atoms with Crippen molar-refractivity contribution in [1.29, 1.82) is 0 Å². The molecule has 0 bridgehead atoms. The molecule has 0 aromatic carbocycles. The first-order chi connectivity index (χ1) is 11.4. The summed E-state index contributed by atoms with van der Waals surface area (Å²) in [6.45, 7) is 11.1. The van der Waals surface area contributed by atoms with Crippen molar-refractivity contribution in [2.75, 3.05) is 26.2 Å². The Morgan fingerprint density at radius 2 is 1.79 bits per heavy atom. The van der Waals surface area contributed by atoms with Crippen molar-refractivity contribution in [3.8, 4) is 0 Å². The molecule has 7 nitrogen and oxygen atoms in total. The van der Waals surface area contributed by atoms with E-state index in [4.69, 9.17) is 9.15 Å². The van der Waals surface area contributed by atoms with E-state index in [-0.39, 0.29) is 30.1 Å². The van der Waals surface area contributed by atoms with E-state index in [1.165, 1.54) is 0 Å². The standard InChI is InChI=1S/C17H28N4O3/c1-11-9-21(10-12(2)23-11)17(22)15-5-7-20(8-6-15)13(3)16-19-18-14(4)24-16/h11-13,15H,5-10H2,1-4H3/t11-,12+,13-/m1/s1. The van der Waals surface area contributed by atoms with E-state index in [1.807, 2.05) is 18.7 Å². The van der Waals surface area contributed by atoms with E-state index < -0.39 is 0 Å². The van der Waals surface area contributed by atoms with Crippen LogP contribution in [-0.4, -0.2) is 64.3 Å². The van der Waals surface area contributed by atoms with E-state index in [2.05, 4.69) is 22.0 Å². The normalized spacial score (nSPS) is 28.1. The molecule has 0 radical (unpaired) electrons. The molecule has 1 aromatic rings. The Balaban J connectivity index is 1.54. The van der Waals surface area contributed by atoms with Crippen LogP contribution in [0, 0.1) is 12.8 Å². The van der Waals surface area contributed by atoms with Gasteiger partial charge in [-0.2, -0.15) is 0 Å². The average molecular weight is 336 g/mol. The summed E-state index contributed by atoms with van der Waals surface area (Å²) in [6, 6.07) is 0.102. The van der Waals surface area contributed by atoms with Crippen LogP contribution in [0.2, 0.25) is 0 Å². The Bertz CT molecular complexity index is 558. The molecule has 0 spiro atoms. The first kappa shape index (κ1) is 17.4. The fraction of sp³-hybridized carbons (Fsp3) is 0.824. The first-order valence-corrected chi connectivity index (χ1v) is 8.92. The molecule has 3 atom stereocenters. The van der Waals surface area contributed by atoms with Crippen LogP contribution in [0.15, 0.2) is 4.42 Å². The molecule has 2 aliphatic heterocycles. The van der Waals surface area contributed by atoms with Gasteiger partial charge in [-0.05, 0) is 46.7 Å². The number of amides is 1. The third-order valence-electron chi connectivity index (χ3n) is 5.06. The highest BCUT2D eigenvalue weighted by Gasteiger charge is 2.34. The summed E-state index contributed by atoms with van der Waals surface area (Å²) in [5.41, 5.74) is 0. The van der Waals surface area contributed by atoms with Gasteiger partial charge in [0.15, 0.2) is 0 Å². The topological polar surface area (TPSA) is 71.7 Å². The molecular formula is C17H28N4O3. The van der Waals surface area contributed by atoms with E-state index in [9.17, 15) is 4.79 Å². The molecule has 1 amide bonds. The minimum Gasteiger partial charge on any atom is -0.424 e. The van der Waals surface area contributed by atoms with Gasteiger partial charge >= 0.3 is 0 Å². The lowest BCUT2D eigenvalue weighted by Crippen LogP contribution is -2.51. The zero-order chi connectivity index (χ0) is 17.3. The molecule has 0 saturated carbocycles. The molecule has 0 unspecified atom stereocenters. The lowest BCUT2D eigenvalue weighted by atomic mass is 9.94. The Morgan fingerprint density at radius 1 is 1.17 bits per heavy atom. The largest absolute Gasteiger partial charge is 0.424 e. The average Bonchev–Trinajstić information content (AvgIpc) is 2.99. The summed E-state index contributed by atoms with van der Waals surface area (Å²) in [5, 5.41) is 8.02. The fourth-order valence-electron chi connectivity index (χ4n) is 3.79. The van der Waals surface area contributed by atoms with Crippen LogP contribution in [0.1, 0.15) is 51.4 Å². The van der Waals surface area contributed by atoms with Crippen LogP contribution in [0.3, 0.4) is 0 Å². The van der Waals surface area contributed by atoms with Gasteiger partial charge in [-0.25, -0.2) is 0 Å². The van der Waals surface area contributed by atoms with Gasteiger partial charge in [-0.15, -0.1) is 10.2 Å². The quantitative estimate of drug-likeness (QED) is 0.838. The maximum Gasteiger partial charge on any atom is 0.233 e. The minimum atomic E-state index is 0.102. The predicted molar refractivity (Wildman–Crippen MR) is 88.3 cm³/mol. The van der Waals surface area contributed by atoms with Crippen molar-refractivity contribution >= 4 is 5.91 Å². The molecular weight excluding hydrogens is 308 g/mol. The number of carbonyl (C=O) groups is 1. The summed E-state index contributed by atoms with van der Waals surface area (Å²) in [7, 11) is 0. The summed E-state index contributed by atoms with van der Waals surface area (Å²) < 4.78 is 11.3. The molecule has 0 N–H and O–H groups in total. The van der Waals surface area contributed by atoms with Crippen LogP contribution < -0.4 is 0 Å². The molecule has 134 valence electrons. The zero-order valence-corrected chi connectivity index (χ0v) is 15.1. The van der Waals surface area contributed by atoms with Crippen molar-refractivity contribution in [2.24, 2.45) is 5.92 Å². The molecule has 3 heterocycles. The molecule has 24 heavy (non-hydrogen) atoms. The molecule has 2 fully saturated rings. The van der Waals surface area contributed by atoms with Gasteiger partial charge < -0.3 is 14.1 Å². The van der Waals surface area contributed by atoms with Crippen molar-refractivity contribution in [3.05, 3.63) is 11.8 Å². The van der Waals surface area contributed by atoms with Crippen LogP contribution in [0.25, 0.3) is 0 Å². The summed E-state index contributed by atoms with van der Waals surface area (Å²) >= 11 is 0. The predicted octanol–water partition coefficient (Wildman–Crippen LogP) is 1.79. The third-order valence-corrected chi connectivity index (χ3v) is 5.06. The molecule has 1 aromatic heterocycles. The molecule has 7 heteroatoms. The zero-order valence-electron chi connectivity index (χ0n) is 15.1. The van der Waals surface area contributed by atoms with Gasteiger partial charge in [0.05, 0.1) is 18.2 Å². The van der Waals surface area contributed by atoms with Crippen molar-refractivity contribution < 1.29 is 13.9 Å². The number of ether oxygens (including phenoxy) is 1. The van der Waals surface area contributed by atoms with Crippen LogP contribution >= 0.6 is 0 Å². The Hall–Kier alpha value is -1.47. The van der Waals surface area contributed by atoms with Crippen LogP contribution in [0.4, 0.5) is 0 Å². The van der Waals surface area contributed by atoms with Gasteiger partial charge in [0, 0.05) is 25.9 Å². The van der Waals surface area contributed by atoms with Crippen molar-refractivity contribution in [3.63, 3.8) is 0 Å². The van der Waals surface area contributed by atoms with E-state index >= 15 is 0 Å². The highest BCUT2D eigenvalue weighted by Crippen LogP contribution is 2.27. The fourth-order valence-corrected chi connectivity index (χ4v) is 3.79. The number of likely N-dealkylation sites (tertiary alicyclic amines) is 1. The van der Waals surface area contributed by atoms with E-state index in [0.29, 0.717) is 24.9 Å². The number of rotatable bonds is 3. The highest BCUT2D eigenvalue weighted by molar-refractivity contribution is 5.79. The van der Waals surface area contributed by atoms with Crippen molar-refractivity contribution in [2.45, 2.75) is 58.8 Å². The second kappa shape index (κ2) is 7.19. The molecule has 3 rings (SSSR count). The number of morpholine rings is 1. The van der Waals surface area contributed by atoms with Crippen LogP contribution in [-0.2, 0) is 9.53 Å². The lowest BCUT2D eigenvalue weighted by molar-refractivity contribution is -0.149. The Kier molecular flexibility index (Phi) is 5.20. The number of hydrogen-bond donors (Lipinski definition) is 0. The second-order valence-electron chi connectivity index (χ2n) is 7.15.